The number of anilines is 1. The molecule has 0 unspecified atom stereocenters. The van der Waals surface area contributed by atoms with Crippen molar-refractivity contribution in [1.82, 2.24) is 10.2 Å². The van der Waals surface area contributed by atoms with E-state index in [4.69, 9.17) is 0 Å². The molecular formula is C13H15N3OS3. The third-order valence-electron chi connectivity index (χ3n) is 2.98. The molecule has 0 saturated heterocycles. The molecule has 0 bridgehead atoms. The standard InChI is InChI=1S/C13H15N3OS3/c1-7-5-10(8(2)19-7)11(17)6-18-13-16-15-12(20-13)14-9-3-4-9/h5,9H,3-4,6H2,1-2H3,(H,14,15). The van der Waals surface area contributed by atoms with Crippen molar-refractivity contribution in [1.29, 1.82) is 0 Å². The number of carbonyl (C=O) groups excluding carboxylic acids is 1. The van der Waals surface area contributed by atoms with Crippen molar-refractivity contribution in [3.8, 4) is 0 Å². The monoisotopic (exact) mass is 325 g/mol. The smallest absolute Gasteiger partial charge is 0.206 e. The number of hydrogen-bond acceptors (Lipinski definition) is 7. The van der Waals surface area contributed by atoms with E-state index >= 15 is 0 Å². The molecule has 1 N–H and O–H groups in total. The van der Waals surface area contributed by atoms with E-state index in [-0.39, 0.29) is 5.78 Å². The summed E-state index contributed by atoms with van der Waals surface area (Å²) in [6.07, 6.45) is 2.44. The molecular weight excluding hydrogens is 310 g/mol. The predicted molar refractivity (Wildman–Crippen MR) is 85.4 cm³/mol. The molecule has 0 aromatic carbocycles. The maximum atomic E-state index is 12.2. The van der Waals surface area contributed by atoms with E-state index in [1.54, 1.807) is 11.3 Å². The van der Waals surface area contributed by atoms with Crippen LogP contribution >= 0.6 is 34.4 Å². The number of thiophene rings is 1. The van der Waals surface area contributed by atoms with E-state index in [1.807, 2.05) is 19.9 Å². The summed E-state index contributed by atoms with van der Waals surface area (Å²) in [6, 6.07) is 2.56. The van der Waals surface area contributed by atoms with Gasteiger partial charge < -0.3 is 5.32 Å². The maximum absolute atomic E-state index is 12.2. The first-order valence-electron chi connectivity index (χ1n) is 6.45. The Bertz CT molecular complexity index is 631. The quantitative estimate of drug-likeness (QED) is 0.647. The number of nitrogens with zero attached hydrogens (tertiary/aromatic N) is 2. The molecule has 1 saturated carbocycles. The van der Waals surface area contributed by atoms with Crippen LogP contribution in [0.2, 0.25) is 0 Å². The van der Waals surface area contributed by atoms with Gasteiger partial charge in [-0.15, -0.1) is 21.5 Å². The first-order valence-corrected chi connectivity index (χ1v) is 9.07. The van der Waals surface area contributed by atoms with Crippen molar-refractivity contribution in [2.24, 2.45) is 0 Å². The number of nitrogens with one attached hydrogen (secondary N) is 1. The highest BCUT2D eigenvalue weighted by Gasteiger charge is 2.22. The van der Waals surface area contributed by atoms with Gasteiger partial charge in [0.2, 0.25) is 5.13 Å². The summed E-state index contributed by atoms with van der Waals surface area (Å²) in [5.41, 5.74) is 0.848. The Balaban J connectivity index is 1.57. The first-order chi connectivity index (χ1) is 9.61. The number of aryl methyl sites for hydroxylation is 2. The van der Waals surface area contributed by atoms with Gasteiger partial charge in [-0.3, -0.25) is 4.79 Å². The van der Waals surface area contributed by atoms with Gasteiger partial charge in [-0.2, -0.15) is 0 Å². The normalized spacial score (nSPS) is 14.5. The molecule has 2 aromatic heterocycles. The summed E-state index contributed by atoms with van der Waals surface area (Å²) >= 11 is 4.67. The van der Waals surface area contributed by atoms with Gasteiger partial charge in [0, 0.05) is 21.4 Å². The van der Waals surface area contributed by atoms with Gasteiger partial charge >= 0.3 is 0 Å². The van der Waals surface area contributed by atoms with E-state index in [1.165, 1.54) is 40.8 Å². The van der Waals surface area contributed by atoms with Crippen LogP contribution in [0.25, 0.3) is 0 Å². The lowest BCUT2D eigenvalue weighted by Crippen LogP contribution is -2.02. The molecule has 20 heavy (non-hydrogen) atoms. The van der Waals surface area contributed by atoms with Crippen LogP contribution in [-0.2, 0) is 0 Å². The molecule has 0 spiro atoms. The van der Waals surface area contributed by atoms with E-state index in [0.717, 1.165) is 19.9 Å². The van der Waals surface area contributed by atoms with Crippen LogP contribution in [0.4, 0.5) is 5.13 Å². The van der Waals surface area contributed by atoms with Crippen LogP contribution in [0.5, 0.6) is 0 Å². The molecule has 1 fully saturated rings. The third kappa shape index (κ3) is 3.39. The van der Waals surface area contributed by atoms with Crippen LogP contribution in [-0.4, -0.2) is 27.8 Å². The number of ketones is 1. The summed E-state index contributed by atoms with van der Waals surface area (Å²) in [5.74, 6) is 0.596. The van der Waals surface area contributed by atoms with Crippen LogP contribution < -0.4 is 5.32 Å². The number of carbonyl (C=O) groups is 1. The van der Waals surface area contributed by atoms with E-state index < -0.39 is 0 Å². The molecule has 0 radical (unpaired) electrons. The molecule has 0 amide bonds. The average molecular weight is 325 g/mol. The molecule has 1 aliphatic rings. The van der Waals surface area contributed by atoms with Gasteiger partial charge in [-0.05, 0) is 32.8 Å². The number of thioether (sulfide) groups is 1. The highest BCUT2D eigenvalue weighted by atomic mass is 32.2. The fourth-order valence-corrected chi connectivity index (χ4v) is 4.50. The largest absolute Gasteiger partial charge is 0.357 e. The Morgan fingerprint density at radius 1 is 1.40 bits per heavy atom. The minimum Gasteiger partial charge on any atom is -0.357 e. The number of Topliss-reactive ketones (excluding diaryl/α,β-unsaturated/α-hetero) is 1. The maximum Gasteiger partial charge on any atom is 0.206 e. The van der Waals surface area contributed by atoms with Crippen LogP contribution in [0.1, 0.15) is 33.0 Å². The molecule has 0 atom stereocenters. The Morgan fingerprint density at radius 2 is 2.20 bits per heavy atom. The third-order valence-corrected chi connectivity index (χ3v) is 5.93. The Labute approximate surface area is 130 Å². The van der Waals surface area contributed by atoms with E-state index in [2.05, 4.69) is 15.5 Å². The summed E-state index contributed by atoms with van der Waals surface area (Å²) in [6.45, 7) is 4.03. The molecule has 0 aliphatic heterocycles. The lowest BCUT2D eigenvalue weighted by molar-refractivity contribution is 0.102. The second kappa shape index (κ2) is 5.83. The summed E-state index contributed by atoms with van der Waals surface area (Å²) in [7, 11) is 0. The van der Waals surface area contributed by atoms with Crippen LogP contribution in [0, 0.1) is 13.8 Å². The first kappa shape index (κ1) is 14.0. The van der Waals surface area contributed by atoms with Crippen molar-refractivity contribution in [3.63, 3.8) is 0 Å². The van der Waals surface area contributed by atoms with Crippen LogP contribution in [0.3, 0.4) is 0 Å². The average Bonchev–Trinajstić information content (AvgIpc) is 2.99. The zero-order valence-corrected chi connectivity index (χ0v) is 13.8. The van der Waals surface area contributed by atoms with Gasteiger partial charge in [0.25, 0.3) is 0 Å². The summed E-state index contributed by atoms with van der Waals surface area (Å²) < 4.78 is 0.853. The van der Waals surface area contributed by atoms with Gasteiger partial charge in [-0.25, -0.2) is 0 Å². The highest BCUT2D eigenvalue weighted by Crippen LogP contribution is 2.31. The molecule has 3 rings (SSSR count). The Hall–Kier alpha value is -0.920. The zero-order chi connectivity index (χ0) is 14.1. The zero-order valence-electron chi connectivity index (χ0n) is 11.3. The minimum absolute atomic E-state index is 0.170. The highest BCUT2D eigenvalue weighted by molar-refractivity contribution is 8.01. The Morgan fingerprint density at radius 3 is 2.85 bits per heavy atom. The van der Waals surface area contributed by atoms with Gasteiger partial charge in [-0.1, -0.05) is 23.1 Å². The van der Waals surface area contributed by atoms with Gasteiger partial charge in [0.05, 0.1) is 5.75 Å². The van der Waals surface area contributed by atoms with Crippen molar-refractivity contribution in [2.75, 3.05) is 11.1 Å². The Kier molecular flexibility index (Phi) is 4.09. The van der Waals surface area contributed by atoms with Crippen molar-refractivity contribution < 1.29 is 4.79 Å². The lowest BCUT2D eigenvalue weighted by Gasteiger charge is -1.97. The number of aromatic nitrogens is 2. The molecule has 2 aromatic rings. The summed E-state index contributed by atoms with van der Waals surface area (Å²) in [5, 5.41) is 12.4. The topological polar surface area (TPSA) is 54.9 Å². The lowest BCUT2D eigenvalue weighted by atomic mass is 10.2. The fraction of sp³-hybridized carbons (Fsp3) is 0.462. The SMILES string of the molecule is Cc1cc(C(=O)CSc2nnc(NC3CC3)s2)c(C)s1. The van der Waals surface area contributed by atoms with Gasteiger partial charge in [0.1, 0.15) is 0 Å². The number of rotatable bonds is 6. The van der Waals surface area contributed by atoms with E-state index in [9.17, 15) is 4.79 Å². The van der Waals surface area contributed by atoms with Crippen molar-refractivity contribution in [2.45, 2.75) is 37.1 Å². The summed E-state index contributed by atoms with van der Waals surface area (Å²) in [4.78, 5) is 14.5. The molecule has 7 heteroatoms. The second-order valence-corrected chi connectivity index (χ2v) is 8.49. The second-order valence-electron chi connectivity index (χ2n) is 4.83. The minimum atomic E-state index is 0.170. The van der Waals surface area contributed by atoms with Crippen LogP contribution in [0.15, 0.2) is 10.4 Å². The molecule has 4 nitrogen and oxygen atoms in total. The fourth-order valence-electron chi connectivity index (χ4n) is 1.84. The van der Waals surface area contributed by atoms with Gasteiger partial charge in [0.15, 0.2) is 10.1 Å². The molecule has 2 heterocycles. The molecule has 1 aliphatic carbocycles. The van der Waals surface area contributed by atoms with E-state index in [0.29, 0.717) is 11.8 Å². The molecule has 106 valence electrons. The van der Waals surface area contributed by atoms with Crippen molar-refractivity contribution in [3.05, 3.63) is 21.4 Å². The van der Waals surface area contributed by atoms with Crippen molar-refractivity contribution >= 4 is 45.4 Å². The predicted octanol–water partition coefficient (Wildman–Crippen LogP) is 3.77. The number of hydrogen-bond donors (Lipinski definition) is 1.